The highest BCUT2D eigenvalue weighted by atomic mass is 35.5. The predicted molar refractivity (Wildman–Crippen MR) is 86.4 cm³/mol. The van der Waals surface area contributed by atoms with Crippen LogP contribution in [0.25, 0.3) is 0 Å². The van der Waals surface area contributed by atoms with Crippen LogP contribution in [0.3, 0.4) is 0 Å². The van der Waals surface area contributed by atoms with Crippen molar-refractivity contribution in [2.45, 2.75) is 46.2 Å². The number of aromatic nitrogens is 1. The van der Waals surface area contributed by atoms with E-state index in [0.29, 0.717) is 12.0 Å². The lowest BCUT2D eigenvalue weighted by atomic mass is 10.1. The number of rotatable bonds is 7. The van der Waals surface area contributed by atoms with Crippen molar-refractivity contribution in [1.82, 2.24) is 10.3 Å². The molecular weight excluding hydrogens is 270 g/mol. The van der Waals surface area contributed by atoms with Crippen molar-refractivity contribution in [2.24, 2.45) is 11.8 Å². The Balaban J connectivity index is 2.03. The number of halogens is 1. The highest BCUT2D eigenvalue weighted by molar-refractivity contribution is 6.31. The van der Waals surface area contributed by atoms with Crippen LogP contribution in [0, 0.1) is 11.8 Å². The molecule has 1 aromatic heterocycles. The molecule has 1 fully saturated rings. The summed E-state index contributed by atoms with van der Waals surface area (Å²) >= 11 is 6.25. The minimum Gasteiger partial charge on any atom is -0.357 e. The second-order valence-electron chi connectivity index (χ2n) is 6.35. The zero-order chi connectivity index (χ0) is 14.7. The van der Waals surface area contributed by atoms with Crippen molar-refractivity contribution in [3.63, 3.8) is 0 Å². The molecule has 0 amide bonds. The number of hydrogen-bond acceptors (Lipinski definition) is 3. The van der Waals surface area contributed by atoms with Gasteiger partial charge in [0.2, 0.25) is 0 Å². The topological polar surface area (TPSA) is 28.2 Å². The van der Waals surface area contributed by atoms with E-state index in [0.717, 1.165) is 35.4 Å². The van der Waals surface area contributed by atoms with E-state index in [1.165, 1.54) is 12.8 Å². The van der Waals surface area contributed by atoms with Gasteiger partial charge < -0.3 is 10.2 Å². The highest BCUT2D eigenvalue weighted by Crippen LogP contribution is 2.36. The van der Waals surface area contributed by atoms with E-state index in [1.807, 2.05) is 0 Å². The van der Waals surface area contributed by atoms with E-state index in [1.54, 1.807) is 6.20 Å². The van der Waals surface area contributed by atoms with Gasteiger partial charge >= 0.3 is 0 Å². The molecule has 112 valence electrons. The second kappa shape index (κ2) is 6.77. The third kappa shape index (κ3) is 4.10. The fourth-order valence-corrected chi connectivity index (χ4v) is 2.57. The van der Waals surface area contributed by atoms with Gasteiger partial charge in [-0.15, -0.1) is 0 Å². The van der Waals surface area contributed by atoms with Gasteiger partial charge in [0.1, 0.15) is 5.82 Å². The SMILES string of the molecule is CC(C)CNCc1cc(N(C)C(C)C2CC2)ncc1Cl. The standard InChI is InChI=1S/C16H26ClN3/c1-11(2)8-18-9-14-7-16(19-10-15(14)17)20(4)12(3)13-5-6-13/h7,10-13,18H,5-6,8-9H2,1-4H3. The van der Waals surface area contributed by atoms with Crippen LogP contribution in [0.5, 0.6) is 0 Å². The molecule has 0 bridgehead atoms. The monoisotopic (exact) mass is 295 g/mol. The summed E-state index contributed by atoms with van der Waals surface area (Å²) in [6.07, 6.45) is 4.48. The molecule has 1 N–H and O–H groups in total. The molecule has 0 spiro atoms. The van der Waals surface area contributed by atoms with E-state index in [9.17, 15) is 0 Å². The number of anilines is 1. The molecule has 1 heterocycles. The number of pyridine rings is 1. The molecule has 2 rings (SSSR count). The van der Waals surface area contributed by atoms with Crippen LogP contribution >= 0.6 is 11.6 Å². The van der Waals surface area contributed by atoms with Gasteiger partial charge in [-0.2, -0.15) is 0 Å². The number of nitrogens with one attached hydrogen (secondary N) is 1. The Kier molecular flexibility index (Phi) is 5.28. The van der Waals surface area contributed by atoms with Crippen LogP contribution in [0.4, 0.5) is 5.82 Å². The summed E-state index contributed by atoms with van der Waals surface area (Å²) in [6.45, 7) is 8.50. The summed E-state index contributed by atoms with van der Waals surface area (Å²) in [5, 5.41) is 4.19. The van der Waals surface area contributed by atoms with Crippen molar-refractivity contribution >= 4 is 17.4 Å². The molecule has 4 heteroatoms. The van der Waals surface area contributed by atoms with E-state index >= 15 is 0 Å². The van der Waals surface area contributed by atoms with Crippen LogP contribution in [-0.4, -0.2) is 24.6 Å². The minimum absolute atomic E-state index is 0.556. The second-order valence-corrected chi connectivity index (χ2v) is 6.75. The van der Waals surface area contributed by atoms with E-state index < -0.39 is 0 Å². The lowest BCUT2D eigenvalue weighted by Gasteiger charge is -2.26. The molecule has 0 radical (unpaired) electrons. The Hall–Kier alpha value is -0.800. The first-order chi connectivity index (χ1) is 9.49. The summed E-state index contributed by atoms with van der Waals surface area (Å²) < 4.78 is 0. The first-order valence-corrected chi connectivity index (χ1v) is 7.94. The van der Waals surface area contributed by atoms with Gasteiger partial charge in [0.05, 0.1) is 5.02 Å². The summed E-state index contributed by atoms with van der Waals surface area (Å²) in [6, 6.07) is 2.68. The molecular formula is C16H26ClN3. The van der Waals surface area contributed by atoms with Gasteiger partial charge in [-0.05, 0) is 49.8 Å². The molecule has 20 heavy (non-hydrogen) atoms. The maximum absolute atomic E-state index is 6.25. The molecule has 0 aliphatic heterocycles. The van der Waals surface area contributed by atoms with Gasteiger partial charge in [-0.25, -0.2) is 4.98 Å². The van der Waals surface area contributed by atoms with Gasteiger partial charge in [0.25, 0.3) is 0 Å². The van der Waals surface area contributed by atoms with Crippen molar-refractivity contribution in [3.05, 3.63) is 22.8 Å². The largest absolute Gasteiger partial charge is 0.357 e. The smallest absolute Gasteiger partial charge is 0.128 e. The van der Waals surface area contributed by atoms with Crippen molar-refractivity contribution in [3.8, 4) is 0 Å². The van der Waals surface area contributed by atoms with Crippen LogP contribution in [0.2, 0.25) is 5.02 Å². The molecule has 0 aromatic carbocycles. The maximum Gasteiger partial charge on any atom is 0.128 e. The summed E-state index contributed by atoms with van der Waals surface area (Å²) in [7, 11) is 2.13. The molecule has 1 aliphatic carbocycles. The first kappa shape index (κ1) is 15.6. The van der Waals surface area contributed by atoms with Crippen molar-refractivity contribution in [2.75, 3.05) is 18.5 Å². The van der Waals surface area contributed by atoms with E-state index in [2.05, 4.69) is 49.1 Å². The molecule has 1 aromatic rings. The Labute approximate surface area is 127 Å². The quantitative estimate of drug-likeness (QED) is 0.831. The molecule has 1 saturated carbocycles. The molecule has 3 nitrogen and oxygen atoms in total. The Morgan fingerprint density at radius 2 is 2.10 bits per heavy atom. The molecule has 1 unspecified atom stereocenters. The Morgan fingerprint density at radius 1 is 1.40 bits per heavy atom. The molecule has 1 aliphatic rings. The van der Waals surface area contributed by atoms with E-state index in [-0.39, 0.29) is 0 Å². The summed E-state index contributed by atoms with van der Waals surface area (Å²) in [5.74, 6) is 2.50. The third-order valence-electron chi connectivity index (χ3n) is 4.06. The molecule has 1 atom stereocenters. The van der Waals surface area contributed by atoms with E-state index in [4.69, 9.17) is 11.6 Å². The fraction of sp³-hybridized carbons (Fsp3) is 0.688. The van der Waals surface area contributed by atoms with Crippen molar-refractivity contribution < 1.29 is 0 Å². The highest BCUT2D eigenvalue weighted by Gasteiger charge is 2.31. The maximum atomic E-state index is 6.25. The Morgan fingerprint density at radius 3 is 2.70 bits per heavy atom. The third-order valence-corrected chi connectivity index (χ3v) is 4.41. The Bertz CT molecular complexity index is 443. The lowest BCUT2D eigenvalue weighted by molar-refractivity contribution is 0.552. The summed E-state index contributed by atoms with van der Waals surface area (Å²) in [5.41, 5.74) is 1.13. The van der Waals surface area contributed by atoms with Crippen LogP contribution in [0.1, 0.15) is 39.2 Å². The number of nitrogens with zero attached hydrogens (tertiary/aromatic N) is 2. The predicted octanol–water partition coefficient (Wildman–Crippen LogP) is 3.72. The molecule has 0 saturated heterocycles. The van der Waals surface area contributed by atoms with Crippen LogP contribution in [-0.2, 0) is 6.54 Å². The normalized spacial score (nSPS) is 16.5. The first-order valence-electron chi connectivity index (χ1n) is 7.57. The zero-order valence-electron chi connectivity index (χ0n) is 13.0. The van der Waals surface area contributed by atoms with Crippen LogP contribution < -0.4 is 10.2 Å². The minimum atomic E-state index is 0.556. The summed E-state index contributed by atoms with van der Waals surface area (Å²) in [4.78, 5) is 6.76. The van der Waals surface area contributed by atoms with Gasteiger partial charge in [0.15, 0.2) is 0 Å². The van der Waals surface area contributed by atoms with Crippen molar-refractivity contribution in [1.29, 1.82) is 0 Å². The fourth-order valence-electron chi connectivity index (χ4n) is 2.40. The number of hydrogen-bond donors (Lipinski definition) is 1. The zero-order valence-corrected chi connectivity index (χ0v) is 13.7. The lowest BCUT2D eigenvalue weighted by Crippen LogP contribution is -2.31. The van der Waals surface area contributed by atoms with Gasteiger partial charge in [-0.3, -0.25) is 0 Å². The average Bonchev–Trinajstić information content (AvgIpc) is 3.23. The van der Waals surface area contributed by atoms with Gasteiger partial charge in [-0.1, -0.05) is 25.4 Å². The van der Waals surface area contributed by atoms with Crippen LogP contribution in [0.15, 0.2) is 12.3 Å². The van der Waals surface area contributed by atoms with Gasteiger partial charge in [0, 0.05) is 25.8 Å². The average molecular weight is 296 g/mol.